The van der Waals surface area contributed by atoms with Crippen LogP contribution in [0.4, 0.5) is 0 Å². The van der Waals surface area contributed by atoms with Gasteiger partial charge in [0.2, 0.25) is 0 Å². The van der Waals surface area contributed by atoms with Gasteiger partial charge in [-0.2, -0.15) is 16.4 Å². The number of nitrogens with one attached hydrogen (secondary N) is 3. The molecule has 0 saturated heterocycles. The summed E-state index contributed by atoms with van der Waals surface area (Å²) in [4.78, 5) is 12.6. The van der Waals surface area contributed by atoms with Crippen LogP contribution in [0.1, 0.15) is 12.5 Å². The van der Waals surface area contributed by atoms with E-state index in [1.165, 1.54) is 16.5 Å². The van der Waals surface area contributed by atoms with Crippen LogP contribution in [0.2, 0.25) is 0 Å². The summed E-state index contributed by atoms with van der Waals surface area (Å²) in [5.74, 6) is 0. The number of thiophene rings is 1. The Kier molecular flexibility index (Phi) is 4.97. The topological polar surface area (TPSA) is 82.3 Å². The molecular weight excluding hydrogens is 428 g/mol. The Hall–Kier alpha value is -3.81. The van der Waals surface area contributed by atoms with Crippen LogP contribution in [0.5, 0.6) is 0 Å². The van der Waals surface area contributed by atoms with Crippen LogP contribution >= 0.6 is 11.3 Å². The Morgan fingerprint density at radius 3 is 2.82 bits per heavy atom. The molecule has 7 heteroatoms. The lowest BCUT2D eigenvalue weighted by Crippen LogP contribution is -2.11. The van der Waals surface area contributed by atoms with Gasteiger partial charge in [0.25, 0.3) is 0 Å². The molecule has 1 aromatic carbocycles. The first-order chi connectivity index (χ1) is 16.3. The first-order valence-electron chi connectivity index (χ1n) is 10.9. The molecule has 0 unspecified atom stereocenters. The molecule has 0 aliphatic carbocycles. The predicted octanol–water partition coefficient (Wildman–Crippen LogP) is 6.01. The molecule has 0 radical (unpaired) electrons. The van der Waals surface area contributed by atoms with Crippen LogP contribution in [0.15, 0.2) is 71.8 Å². The Bertz CT molecular complexity index is 1560. The maximum absolute atomic E-state index is 4.66. The van der Waals surface area contributed by atoms with E-state index in [1.54, 1.807) is 11.3 Å². The molecule has 0 aliphatic rings. The summed E-state index contributed by atoms with van der Waals surface area (Å²) in [5.41, 5.74) is 9.35. The van der Waals surface area contributed by atoms with Gasteiger partial charge in [0.15, 0.2) is 0 Å². The number of H-pyrrole nitrogens is 2. The van der Waals surface area contributed by atoms with Crippen molar-refractivity contribution in [3.8, 4) is 33.8 Å². The number of benzene rings is 1. The van der Waals surface area contributed by atoms with Crippen LogP contribution in [0.3, 0.4) is 0 Å². The van der Waals surface area contributed by atoms with E-state index in [-0.39, 0.29) is 0 Å². The van der Waals surface area contributed by atoms with E-state index in [0.717, 1.165) is 57.7 Å². The van der Waals surface area contributed by atoms with Gasteiger partial charge < -0.3 is 10.3 Å². The fourth-order valence-corrected chi connectivity index (χ4v) is 4.88. The summed E-state index contributed by atoms with van der Waals surface area (Å²) in [7, 11) is 0. The second kappa shape index (κ2) is 8.27. The van der Waals surface area contributed by atoms with Crippen molar-refractivity contribution >= 4 is 33.1 Å². The van der Waals surface area contributed by atoms with Crippen LogP contribution in [-0.4, -0.2) is 31.7 Å². The third kappa shape index (κ3) is 3.61. The minimum absolute atomic E-state index is 0.790. The van der Waals surface area contributed by atoms with E-state index in [0.29, 0.717) is 0 Å². The number of pyridine rings is 2. The van der Waals surface area contributed by atoms with Crippen molar-refractivity contribution in [1.82, 2.24) is 30.5 Å². The second-order valence-corrected chi connectivity index (χ2v) is 8.79. The highest BCUT2D eigenvalue weighted by Crippen LogP contribution is 2.35. The van der Waals surface area contributed by atoms with Crippen LogP contribution in [0, 0.1) is 0 Å². The third-order valence-electron chi connectivity index (χ3n) is 5.87. The third-order valence-corrected chi connectivity index (χ3v) is 6.55. The Morgan fingerprint density at radius 1 is 0.970 bits per heavy atom. The van der Waals surface area contributed by atoms with Crippen LogP contribution in [-0.2, 0) is 6.54 Å². The van der Waals surface area contributed by atoms with E-state index in [2.05, 4.69) is 90.6 Å². The number of hydrogen-bond donors (Lipinski definition) is 3. The van der Waals surface area contributed by atoms with Gasteiger partial charge in [0.1, 0.15) is 5.69 Å². The number of aromatic amines is 2. The number of nitrogens with zero attached hydrogens (tertiary/aromatic N) is 3. The first kappa shape index (κ1) is 19.8. The average molecular weight is 451 g/mol. The van der Waals surface area contributed by atoms with Gasteiger partial charge in [-0.15, -0.1) is 0 Å². The highest BCUT2D eigenvalue weighted by atomic mass is 32.1. The van der Waals surface area contributed by atoms with Crippen LogP contribution < -0.4 is 5.32 Å². The maximum atomic E-state index is 4.66. The summed E-state index contributed by atoms with van der Waals surface area (Å²) < 4.78 is 0. The van der Waals surface area contributed by atoms with E-state index >= 15 is 0 Å². The molecule has 0 bridgehead atoms. The molecular formula is C26H22N6S. The summed E-state index contributed by atoms with van der Waals surface area (Å²) in [6.45, 7) is 3.81. The van der Waals surface area contributed by atoms with Gasteiger partial charge in [-0.3, -0.25) is 15.1 Å². The normalized spacial score (nSPS) is 11.5. The molecule has 0 saturated carbocycles. The smallest absolute Gasteiger partial charge is 0.116 e. The van der Waals surface area contributed by atoms with Gasteiger partial charge in [-0.1, -0.05) is 19.1 Å². The number of hydrogen-bond acceptors (Lipinski definition) is 5. The maximum Gasteiger partial charge on any atom is 0.116 e. The molecule has 0 fully saturated rings. The van der Waals surface area contributed by atoms with Gasteiger partial charge in [-0.05, 0) is 64.3 Å². The minimum Gasteiger partial charge on any atom is -0.353 e. The Morgan fingerprint density at radius 2 is 1.94 bits per heavy atom. The highest BCUT2D eigenvalue weighted by Gasteiger charge is 2.15. The zero-order valence-electron chi connectivity index (χ0n) is 18.1. The zero-order chi connectivity index (χ0) is 22.2. The van der Waals surface area contributed by atoms with E-state index in [4.69, 9.17) is 0 Å². The molecule has 6 rings (SSSR count). The van der Waals surface area contributed by atoms with Crippen molar-refractivity contribution in [2.45, 2.75) is 13.5 Å². The molecule has 0 atom stereocenters. The summed E-state index contributed by atoms with van der Waals surface area (Å²) >= 11 is 1.71. The molecule has 3 N–H and O–H groups in total. The molecule has 33 heavy (non-hydrogen) atoms. The molecule has 5 aromatic heterocycles. The molecule has 162 valence electrons. The van der Waals surface area contributed by atoms with Gasteiger partial charge in [0, 0.05) is 40.8 Å². The minimum atomic E-state index is 0.790. The van der Waals surface area contributed by atoms with Crippen molar-refractivity contribution in [2.75, 3.05) is 6.54 Å². The molecule has 0 aliphatic heterocycles. The van der Waals surface area contributed by atoms with Crippen molar-refractivity contribution in [3.05, 3.63) is 77.4 Å². The molecule has 0 spiro atoms. The lowest BCUT2D eigenvalue weighted by molar-refractivity contribution is 0.724. The number of fused-ring (bicyclic) bond motifs is 2. The quantitative estimate of drug-likeness (QED) is 0.290. The van der Waals surface area contributed by atoms with Crippen molar-refractivity contribution in [2.24, 2.45) is 0 Å². The SMILES string of the molecule is CCNCc1cncc(-c2cc3c(-c4cc5c(-c6ccsc6)cccc5[nH]4)n[nH]c3cn2)c1. The van der Waals surface area contributed by atoms with Crippen molar-refractivity contribution < 1.29 is 0 Å². The fraction of sp³-hybridized carbons (Fsp3) is 0.115. The lowest BCUT2D eigenvalue weighted by atomic mass is 10.0. The summed E-state index contributed by atoms with van der Waals surface area (Å²) in [6, 6.07) is 14.9. The fourth-order valence-electron chi connectivity index (χ4n) is 4.23. The number of aromatic nitrogens is 5. The van der Waals surface area contributed by atoms with Crippen molar-refractivity contribution in [1.29, 1.82) is 0 Å². The van der Waals surface area contributed by atoms with Gasteiger partial charge >= 0.3 is 0 Å². The lowest BCUT2D eigenvalue weighted by Gasteiger charge is -2.05. The molecule has 0 amide bonds. The van der Waals surface area contributed by atoms with E-state index in [9.17, 15) is 0 Å². The van der Waals surface area contributed by atoms with Gasteiger partial charge in [-0.25, -0.2) is 0 Å². The predicted molar refractivity (Wildman–Crippen MR) is 135 cm³/mol. The summed E-state index contributed by atoms with van der Waals surface area (Å²) in [6.07, 6.45) is 5.60. The summed E-state index contributed by atoms with van der Waals surface area (Å²) in [5, 5.41) is 17.6. The zero-order valence-corrected chi connectivity index (χ0v) is 18.9. The first-order valence-corrected chi connectivity index (χ1v) is 11.9. The van der Waals surface area contributed by atoms with Crippen LogP contribution in [0.25, 0.3) is 55.6 Å². The number of rotatable bonds is 6. The Balaban J connectivity index is 1.44. The van der Waals surface area contributed by atoms with Gasteiger partial charge in [0.05, 0.1) is 23.1 Å². The average Bonchev–Trinajstić information content (AvgIpc) is 3.61. The standard InChI is InChI=1S/C26H22N6S/c1-2-27-11-16-8-18(13-28-12-16)23-10-21-25(14-29-23)31-32-26(21)24-9-20-19(17-6-7-33-15-17)4-3-5-22(20)30-24/h3-10,12-15,27,30H,2,11H2,1H3,(H,31,32). The monoisotopic (exact) mass is 450 g/mol. The van der Waals surface area contributed by atoms with E-state index in [1.807, 2.05) is 18.6 Å². The molecule has 6 aromatic rings. The largest absolute Gasteiger partial charge is 0.353 e. The highest BCUT2D eigenvalue weighted by molar-refractivity contribution is 7.08. The van der Waals surface area contributed by atoms with Crippen molar-refractivity contribution in [3.63, 3.8) is 0 Å². The van der Waals surface area contributed by atoms with E-state index < -0.39 is 0 Å². The second-order valence-electron chi connectivity index (χ2n) is 8.01. The Labute approximate surface area is 194 Å². The molecule has 6 nitrogen and oxygen atoms in total. The molecule has 5 heterocycles.